The predicted molar refractivity (Wildman–Crippen MR) is 155 cm³/mol. The number of nitrogens with zero attached hydrogens (tertiary/aromatic N) is 3. The van der Waals surface area contributed by atoms with Crippen LogP contribution in [0, 0.1) is 0 Å². The first kappa shape index (κ1) is 31.3. The Hall–Kier alpha value is -3.27. The maximum Gasteiger partial charge on any atom is 0.243 e. The van der Waals surface area contributed by atoms with Gasteiger partial charge in [-0.3, -0.25) is 14.4 Å². The first-order valence-electron chi connectivity index (χ1n) is 13.9. The smallest absolute Gasteiger partial charge is 0.243 e. The molecule has 3 amide bonds. The van der Waals surface area contributed by atoms with Gasteiger partial charge in [-0.15, -0.1) is 0 Å². The third-order valence-corrected chi connectivity index (χ3v) is 7.95. The summed E-state index contributed by atoms with van der Waals surface area (Å²) in [5, 5.41) is 15.4. The van der Waals surface area contributed by atoms with E-state index in [9.17, 15) is 19.6 Å². The van der Waals surface area contributed by atoms with Gasteiger partial charge in [0.25, 0.3) is 0 Å². The van der Waals surface area contributed by atoms with Crippen molar-refractivity contribution in [1.82, 2.24) is 20.2 Å². The molecule has 0 unspecified atom stereocenters. The number of nitrogens with one attached hydrogen (secondary N) is 1. The van der Waals surface area contributed by atoms with Crippen molar-refractivity contribution in [3.05, 3.63) is 71.8 Å². The number of nitrogens with two attached hydrogens (primary N) is 1. The van der Waals surface area contributed by atoms with Crippen LogP contribution in [0.4, 0.5) is 0 Å². The van der Waals surface area contributed by atoms with Gasteiger partial charge in [0.2, 0.25) is 17.7 Å². The molecule has 1 heterocycles. The summed E-state index contributed by atoms with van der Waals surface area (Å²) in [5.41, 5.74) is 6.38. The van der Waals surface area contributed by atoms with Crippen molar-refractivity contribution in [3.63, 3.8) is 0 Å². The first-order chi connectivity index (χ1) is 18.7. The minimum absolute atomic E-state index is 0.00592. The zero-order chi connectivity index (χ0) is 29.7. The molecule has 0 saturated carbocycles. The van der Waals surface area contributed by atoms with Gasteiger partial charge in [0, 0.05) is 17.1 Å². The number of carbonyl (C=O) groups excluding carboxylic acids is 3. The number of hydrogen-bond donors (Lipinski definition) is 3. The van der Waals surface area contributed by atoms with Gasteiger partial charge in [0.15, 0.2) is 0 Å². The van der Waals surface area contributed by atoms with Crippen molar-refractivity contribution in [2.75, 3.05) is 19.6 Å². The Morgan fingerprint density at radius 2 is 1.27 bits per heavy atom. The Balaban J connectivity index is 1.82. The number of amides is 3. The third-order valence-electron chi connectivity index (χ3n) is 7.95. The van der Waals surface area contributed by atoms with Gasteiger partial charge in [-0.25, -0.2) is 0 Å². The van der Waals surface area contributed by atoms with E-state index in [4.69, 9.17) is 5.73 Å². The van der Waals surface area contributed by atoms with E-state index in [2.05, 4.69) is 5.32 Å². The van der Waals surface area contributed by atoms with Gasteiger partial charge in [0.1, 0.15) is 6.54 Å². The van der Waals surface area contributed by atoms with Crippen LogP contribution >= 0.6 is 0 Å². The molecule has 40 heavy (non-hydrogen) atoms. The van der Waals surface area contributed by atoms with Gasteiger partial charge >= 0.3 is 0 Å². The number of carbonyl (C=O) groups is 3. The lowest BCUT2D eigenvalue weighted by atomic mass is 9.79. The van der Waals surface area contributed by atoms with Gasteiger partial charge < -0.3 is 26.1 Å². The molecule has 0 aliphatic carbocycles. The number of hydroxylamine groups is 2. The molecule has 0 spiro atoms. The fourth-order valence-corrected chi connectivity index (χ4v) is 5.86. The fourth-order valence-electron chi connectivity index (χ4n) is 5.86. The molecule has 1 aliphatic heterocycles. The summed E-state index contributed by atoms with van der Waals surface area (Å²) in [4.78, 5) is 42.4. The Morgan fingerprint density at radius 1 is 0.850 bits per heavy atom. The molecule has 4 N–H and O–H groups in total. The minimum atomic E-state index is -0.618. The molecule has 2 aromatic carbocycles. The molecule has 2 atom stereocenters. The molecule has 9 heteroatoms. The normalized spacial score (nSPS) is 18.5. The molecule has 3 rings (SSSR count). The van der Waals surface area contributed by atoms with Crippen molar-refractivity contribution in [2.24, 2.45) is 5.73 Å². The lowest BCUT2D eigenvalue weighted by Crippen LogP contribution is -2.63. The van der Waals surface area contributed by atoms with Crippen molar-refractivity contribution in [1.29, 1.82) is 0 Å². The Labute approximate surface area is 238 Å². The van der Waals surface area contributed by atoms with E-state index >= 15 is 0 Å². The number of rotatable bonds is 11. The molecule has 1 aliphatic rings. The number of benzene rings is 2. The number of hydrogen-bond acceptors (Lipinski definition) is 6. The summed E-state index contributed by atoms with van der Waals surface area (Å²) in [6.45, 7) is 11.3. The van der Waals surface area contributed by atoms with Gasteiger partial charge in [-0.2, -0.15) is 5.06 Å². The molecule has 0 bridgehead atoms. The zero-order valence-corrected chi connectivity index (χ0v) is 24.6. The highest BCUT2D eigenvalue weighted by Crippen LogP contribution is 2.36. The fraction of sp³-hybridized carbons (Fsp3) is 0.516. The molecule has 2 aromatic rings. The van der Waals surface area contributed by atoms with Crippen LogP contribution in [0.15, 0.2) is 60.7 Å². The Bertz CT molecular complexity index is 1140. The molecule has 0 radical (unpaired) electrons. The van der Waals surface area contributed by atoms with Crippen LogP contribution in [0.3, 0.4) is 0 Å². The number of piperidine rings is 1. The Morgan fingerprint density at radius 3 is 1.70 bits per heavy atom. The van der Waals surface area contributed by atoms with Crippen molar-refractivity contribution >= 4 is 17.7 Å². The monoisotopic (exact) mass is 551 g/mol. The number of primary amides is 1. The van der Waals surface area contributed by atoms with Crippen LogP contribution < -0.4 is 11.1 Å². The summed E-state index contributed by atoms with van der Waals surface area (Å²) in [5.74, 6) is -1.20. The second-order valence-corrected chi connectivity index (χ2v) is 12.1. The van der Waals surface area contributed by atoms with Crippen molar-refractivity contribution in [3.8, 4) is 0 Å². The van der Waals surface area contributed by atoms with Gasteiger partial charge in [0.05, 0.1) is 25.2 Å². The SMILES string of the molecule is C[C@@H](c1ccccc1)N(CC(N)=O)C(=O)CN(C(=O)CNC1CC(C)(C)N(O)C(C)(C)C1)[C@@H](C)c1ccccc1. The van der Waals surface area contributed by atoms with E-state index in [1.807, 2.05) is 102 Å². The highest BCUT2D eigenvalue weighted by Gasteiger charge is 2.45. The third kappa shape index (κ3) is 7.68. The summed E-state index contributed by atoms with van der Waals surface area (Å²) in [7, 11) is 0. The van der Waals surface area contributed by atoms with Gasteiger partial charge in [-0.1, -0.05) is 60.7 Å². The molecule has 9 nitrogen and oxygen atoms in total. The topological polar surface area (TPSA) is 119 Å². The second-order valence-electron chi connectivity index (χ2n) is 12.1. The van der Waals surface area contributed by atoms with Crippen LogP contribution in [-0.2, 0) is 14.4 Å². The second kappa shape index (κ2) is 12.9. The highest BCUT2D eigenvalue weighted by molar-refractivity contribution is 5.89. The van der Waals surface area contributed by atoms with Crippen molar-refractivity contribution < 1.29 is 19.6 Å². The molecular weight excluding hydrogens is 506 g/mol. The van der Waals surface area contributed by atoms with Crippen LogP contribution in [-0.4, -0.2) is 74.5 Å². The predicted octanol–water partition coefficient (Wildman–Crippen LogP) is 3.65. The zero-order valence-electron chi connectivity index (χ0n) is 24.6. The molecular formula is C31H45N5O4. The summed E-state index contributed by atoms with van der Waals surface area (Å²) < 4.78 is 0. The first-order valence-corrected chi connectivity index (χ1v) is 13.9. The summed E-state index contributed by atoms with van der Waals surface area (Å²) in [6, 6.07) is 18.2. The van der Waals surface area contributed by atoms with Gasteiger partial charge in [-0.05, 0) is 65.5 Å². The van der Waals surface area contributed by atoms with Crippen LogP contribution in [0.2, 0.25) is 0 Å². The lowest BCUT2D eigenvalue weighted by molar-refractivity contribution is -0.246. The van der Waals surface area contributed by atoms with E-state index in [0.29, 0.717) is 12.8 Å². The van der Waals surface area contributed by atoms with E-state index in [-0.39, 0.29) is 43.5 Å². The molecule has 1 fully saturated rings. The Kier molecular flexibility index (Phi) is 10.1. The maximum absolute atomic E-state index is 13.7. The minimum Gasteiger partial charge on any atom is -0.368 e. The molecule has 1 saturated heterocycles. The van der Waals surface area contributed by atoms with Crippen LogP contribution in [0.25, 0.3) is 0 Å². The molecule has 0 aromatic heterocycles. The molecule has 218 valence electrons. The maximum atomic E-state index is 13.7. The summed E-state index contributed by atoms with van der Waals surface area (Å²) in [6.07, 6.45) is 1.32. The standard InChI is InChI=1S/C31H45N5O4/c1-22(24-13-9-7-10-14-24)34(20-27(32)37)29(39)21-35(23(2)25-15-11-8-12-16-25)28(38)19-33-26-17-30(3,4)36(40)31(5,6)18-26/h7-16,22-23,26,33,40H,17-21H2,1-6H3,(H2,32,37)/t22-,23-/m0/s1. The van der Waals surface area contributed by atoms with E-state index in [1.54, 1.807) is 4.90 Å². The van der Waals surface area contributed by atoms with E-state index < -0.39 is 23.0 Å². The van der Waals surface area contributed by atoms with E-state index in [1.165, 1.54) is 9.96 Å². The van der Waals surface area contributed by atoms with E-state index in [0.717, 1.165) is 11.1 Å². The quantitative estimate of drug-likeness (QED) is 0.392. The highest BCUT2D eigenvalue weighted by atomic mass is 16.5. The summed E-state index contributed by atoms with van der Waals surface area (Å²) >= 11 is 0. The van der Waals surface area contributed by atoms with Crippen molar-refractivity contribution in [2.45, 2.75) is 83.6 Å². The largest absolute Gasteiger partial charge is 0.368 e. The average Bonchev–Trinajstić information content (AvgIpc) is 2.91. The van der Waals surface area contributed by atoms with Crippen LogP contribution in [0.1, 0.15) is 77.6 Å². The van der Waals surface area contributed by atoms with Crippen LogP contribution in [0.5, 0.6) is 0 Å². The average molecular weight is 552 g/mol. The lowest BCUT2D eigenvalue weighted by Gasteiger charge is -2.51.